The van der Waals surface area contributed by atoms with Crippen LogP contribution in [0.5, 0.6) is 0 Å². The van der Waals surface area contributed by atoms with Crippen molar-refractivity contribution in [3.63, 3.8) is 0 Å². The van der Waals surface area contributed by atoms with Crippen molar-refractivity contribution in [2.45, 2.75) is 33.0 Å². The van der Waals surface area contributed by atoms with Gasteiger partial charge < -0.3 is 5.32 Å². The van der Waals surface area contributed by atoms with Gasteiger partial charge in [-0.25, -0.2) is 0 Å². The number of rotatable bonds is 6. The molecule has 0 unspecified atom stereocenters. The standard InChI is InChI=1S/C19H21ClN4/c1-14(2)21-12-18-19(15-8-4-3-5-9-15)23-24(22-18)13-16-10-6-7-11-17(16)20/h3-11,14,21H,12-13H2,1-2H3. The van der Waals surface area contributed by atoms with E-state index in [9.17, 15) is 0 Å². The minimum Gasteiger partial charge on any atom is -0.309 e. The number of aromatic nitrogens is 3. The SMILES string of the molecule is CC(C)NCc1nn(Cc2ccccc2Cl)nc1-c1ccccc1. The van der Waals surface area contributed by atoms with Crippen LogP contribution in [-0.2, 0) is 13.1 Å². The smallest absolute Gasteiger partial charge is 0.117 e. The van der Waals surface area contributed by atoms with Crippen molar-refractivity contribution in [2.75, 3.05) is 0 Å². The van der Waals surface area contributed by atoms with Crippen LogP contribution in [0.15, 0.2) is 54.6 Å². The maximum absolute atomic E-state index is 6.26. The molecule has 1 heterocycles. The van der Waals surface area contributed by atoms with E-state index in [0.29, 0.717) is 19.1 Å². The van der Waals surface area contributed by atoms with Crippen molar-refractivity contribution < 1.29 is 0 Å². The molecule has 3 aromatic rings. The first-order chi connectivity index (χ1) is 11.6. The van der Waals surface area contributed by atoms with Crippen LogP contribution < -0.4 is 5.32 Å². The molecule has 4 nitrogen and oxygen atoms in total. The predicted octanol–water partition coefficient (Wildman–Crippen LogP) is 4.14. The second-order valence-corrected chi connectivity index (χ2v) is 6.43. The lowest BCUT2D eigenvalue weighted by Gasteiger charge is -2.06. The molecule has 24 heavy (non-hydrogen) atoms. The third-order valence-electron chi connectivity index (χ3n) is 3.72. The Morgan fingerprint density at radius 3 is 2.42 bits per heavy atom. The molecule has 0 saturated carbocycles. The number of hydrogen-bond donors (Lipinski definition) is 1. The van der Waals surface area contributed by atoms with Crippen molar-refractivity contribution in [3.8, 4) is 11.3 Å². The molecule has 124 valence electrons. The van der Waals surface area contributed by atoms with E-state index in [1.165, 1.54) is 0 Å². The normalized spacial score (nSPS) is 11.2. The van der Waals surface area contributed by atoms with E-state index in [1.807, 2.05) is 42.5 Å². The molecule has 1 aromatic heterocycles. The zero-order chi connectivity index (χ0) is 16.9. The van der Waals surface area contributed by atoms with Gasteiger partial charge in [0.25, 0.3) is 0 Å². The Bertz CT molecular complexity index is 796. The Kier molecular flexibility index (Phi) is 5.28. The lowest BCUT2D eigenvalue weighted by atomic mass is 10.1. The van der Waals surface area contributed by atoms with Crippen LogP contribution in [0.3, 0.4) is 0 Å². The van der Waals surface area contributed by atoms with Gasteiger partial charge in [0.1, 0.15) is 11.4 Å². The predicted molar refractivity (Wildman–Crippen MR) is 98.0 cm³/mol. The molecule has 0 aliphatic carbocycles. The summed E-state index contributed by atoms with van der Waals surface area (Å²) in [5.74, 6) is 0. The summed E-state index contributed by atoms with van der Waals surface area (Å²) in [6.45, 7) is 5.48. The third-order valence-corrected chi connectivity index (χ3v) is 4.09. The zero-order valence-corrected chi connectivity index (χ0v) is 14.7. The van der Waals surface area contributed by atoms with Gasteiger partial charge in [0.05, 0.1) is 6.54 Å². The van der Waals surface area contributed by atoms with Crippen LogP contribution in [0.1, 0.15) is 25.1 Å². The Morgan fingerprint density at radius 1 is 1.00 bits per heavy atom. The fourth-order valence-electron chi connectivity index (χ4n) is 2.47. The van der Waals surface area contributed by atoms with Crippen LogP contribution in [0.4, 0.5) is 0 Å². The highest BCUT2D eigenvalue weighted by Gasteiger charge is 2.14. The number of nitrogens with one attached hydrogen (secondary N) is 1. The molecule has 3 rings (SSSR count). The van der Waals surface area contributed by atoms with Crippen molar-refractivity contribution >= 4 is 11.6 Å². The summed E-state index contributed by atoms with van der Waals surface area (Å²) < 4.78 is 0. The minimum atomic E-state index is 0.391. The van der Waals surface area contributed by atoms with Gasteiger partial charge in [-0.05, 0) is 11.6 Å². The molecule has 2 aromatic carbocycles. The van der Waals surface area contributed by atoms with Gasteiger partial charge in [0.2, 0.25) is 0 Å². The van der Waals surface area contributed by atoms with E-state index in [1.54, 1.807) is 4.80 Å². The highest BCUT2D eigenvalue weighted by molar-refractivity contribution is 6.31. The minimum absolute atomic E-state index is 0.391. The van der Waals surface area contributed by atoms with E-state index in [4.69, 9.17) is 16.7 Å². The fraction of sp³-hybridized carbons (Fsp3) is 0.263. The Hall–Kier alpha value is -2.17. The van der Waals surface area contributed by atoms with E-state index in [2.05, 4.69) is 36.4 Å². The van der Waals surface area contributed by atoms with E-state index in [-0.39, 0.29) is 0 Å². The Labute approximate surface area is 147 Å². The highest BCUT2D eigenvalue weighted by Crippen LogP contribution is 2.21. The maximum atomic E-state index is 6.26. The Balaban J connectivity index is 1.92. The lowest BCUT2D eigenvalue weighted by molar-refractivity contribution is 0.554. The summed E-state index contributed by atoms with van der Waals surface area (Å²) in [7, 11) is 0. The van der Waals surface area contributed by atoms with Crippen LogP contribution in [0, 0.1) is 0 Å². The summed E-state index contributed by atoms with van der Waals surface area (Å²) in [6.07, 6.45) is 0. The van der Waals surface area contributed by atoms with Crippen LogP contribution >= 0.6 is 11.6 Å². The van der Waals surface area contributed by atoms with Crippen molar-refractivity contribution in [2.24, 2.45) is 0 Å². The fourth-order valence-corrected chi connectivity index (χ4v) is 2.67. The van der Waals surface area contributed by atoms with Gasteiger partial charge in [0.15, 0.2) is 0 Å². The monoisotopic (exact) mass is 340 g/mol. The van der Waals surface area contributed by atoms with E-state index < -0.39 is 0 Å². The number of benzene rings is 2. The van der Waals surface area contributed by atoms with Crippen molar-refractivity contribution in [3.05, 3.63) is 70.9 Å². The lowest BCUT2D eigenvalue weighted by Crippen LogP contribution is -2.22. The maximum Gasteiger partial charge on any atom is 0.117 e. The van der Waals surface area contributed by atoms with Gasteiger partial charge in [0, 0.05) is 23.2 Å². The van der Waals surface area contributed by atoms with Crippen molar-refractivity contribution in [1.82, 2.24) is 20.3 Å². The van der Waals surface area contributed by atoms with Gasteiger partial charge in [-0.1, -0.05) is 74.0 Å². The second kappa shape index (κ2) is 7.60. The number of halogens is 1. The van der Waals surface area contributed by atoms with Crippen molar-refractivity contribution in [1.29, 1.82) is 0 Å². The molecular weight excluding hydrogens is 320 g/mol. The first-order valence-electron chi connectivity index (χ1n) is 8.09. The quantitative estimate of drug-likeness (QED) is 0.733. The van der Waals surface area contributed by atoms with E-state index >= 15 is 0 Å². The molecular formula is C19H21ClN4. The summed E-state index contributed by atoms with van der Waals surface area (Å²) in [5, 5.41) is 13.5. The second-order valence-electron chi connectivity index (χ2n) is 6.02. The molecule has 0 atom stereocenters. The average molecular weight is 341 g/mol. The first kappa shape index (κ1) is 16.7. The van der Waals surface area contributed by atoms with Gasteiger partial charge in [-0.2, -0.15) is 15.0 Å². The number of nitrogens with zero attached hydrogens (tertiary/aromatic N) is 3. The third kappa shape index (κ3) is 4.02. The summed E-state index contributed by atoms with van der Waals surface area (Å²) in [6, 6.07) is 18.3. The highest BCUT2D eigenvalue weighted by atomic mass is 35.5. The largest absolute Gasteiger partial charge is 0.309 e. The average Bonchev–Trinajstić information content (AvgIpc) is 2.99. The number of hydrogen-bond acceptors (Lipinski definition) is 3. The van der Waals surface area contributed by atoms with Crippen LogP contribution in [-0.4, -0.2) is 21.0 Å². The van der Waals surface area contributed by atoms with Gasteiger partial charge >= 0.3 is 0 Å². The molecule has 0 bridgehead atoms. The molecule has 1 N–H and O–H groups in total. The molecule has 0 aliphatic heterocycles. The summed E-state index contributed by atoms with van der Waals surface area (Å²) in [5.41, 5.74) is 3.94. The molecule has 0 spiro atoms. The van der Waals surface area contributed by atoms with Crippen LogP contribution in [0.2, 0.25) is 5.02 Å². The van der Waals surface area contributed by atoms with Gasteiger partial charge in [-0.3, -0.25) is 0 Å². The Morgan fingerprint density at radius 2 is 1.71 bits per heavy atom. The molecule has 0 saturated heterocycles. The molecule has 0 amide bonds. The van der Waals surface area contributed by atoms with Crippen LogP contribution in [0.25, 0.3) is 11.3 Å². The molecule has 5 heteroatoms. The zero-order valence-electron chi connectivity index (χ0n) is 13.9. The molecule has 0 fully saturated rings. The molecule has 0 radical (unpaired) electrons. The summed E-state index contributed by atoms with van der Waals surface area (Å²) in [4.78, 5) is 1.72. The van der Waals surface area contributed by atoms with Gasteiger partial charge in [-0.15, -0.1) is 0 Å². The summed E-state index contributed by atoms with van der Waals surface area (Å²) >= 11 is 6.26. The van der Waals surface area contributed by atoms with E-state index in [0.717, 1.165) is 27.5 Å². The topological polar surface area (TPSA) is 42.7 Å². The molecule has 0 aliphatic rings. The first-order valence-corrected chi connectivity index (χ1v) is 8.47.